The average Bonchev–Trinajstić information content (AvgIpc) is 3.39. The van der Waals surface area contributed by atoms with Gasteiger partial charge in [0.05, 0.1) is 21.5 Å². The summed E-state index contributed by atoms with van der Waals surface area (Å²) in [5.74, 6) is -1.06. The number of hydrogen-bond acceptors (Lipinski definition) is 6. The number of nitrogens with zero attached hydrogens (tertiary/aromatic N) is 2. The number of fused-ring (bicyclic) bond motifs is 2. The van der Waals surface area contributed by atoms with Crippen LogP contribution in [0.3, 0.4) is 0 Å². The fourth-order valence-corrected chi connectivity index (χ4v) is 6.47. The van der Waals surface area contributed by atoms with Gasteiger partial charge in [0.15, 0.2) is 6.10 Å². The van der Waals surface area contributed by atoms with E-state index in [1.807, 2.05) is 82.3 Å². The van der Waals surface area contributed by atoms with Gasteiger partial charge in [-0.2, -0.15) is 0 Å². The summed E-state index contributed by atoms with van der Waals surface area (Å²) in [6, 6.07) is 20.7. The second-order valence-corrected chi connectivity index (χ2v) is 12.8. The van der Waals surface area contributed by atoms with Gasteiger partial charge in [0.25, 0.3) is 5.56 Å². The predicted octanol–water partition coefficient (Wildman–Crippen LogP) is 8.44. The number of aryl methyl sites for hydroxylation is 1. The molecule has 216 valence electrons. The Morgan fingerprint density at radius 3 is 2.47 bits per heavy atom. The minimum absolute atomic E-state index is 0.155. The molecule has 0 spiro atoms. The zero-order valence-electron chi connectivity index (χ0n) is 23.9. The lowest BCUT2D eigenvalue weighted by Crippen LogP contribution is -2.28. The zero-order valence-corrected chi connectivity index (χ0v) is 25.5. The van der Waals surface area contributed by atoms with Crippen LogP contribution in [-0.4, -0.2) is 31.6 Å². The third-order valence-electron chi connectivity index (χ3n) is 7.10. The lowest BCUT2D eigenvalue weighted by Gasteiger charge is -2.28. The molecular formula is C34H28ClN3O4S. The van der Waals surface area contributed by atoms with Crippen LogP contribution in [0.15, 0.2) is 83.9 Å². The molecule has 0 saturated carbocycles. The van der Waals surface area contributed by atoms with Crippen molar-refractivity contribution in [2.75, 3.05) is 0 Å². The number of H-pyrrole nitrogens is 1. The fraction of sp³-hybridized carbons (Fsp3) is 0.176. The van der Waals surface area contributed by atoms with E-state index in [1.54, 1.807) is 24.5 Å². The molecule has 2 N–H and O–H groups in total. The number of aromatic nitrogens is 3. The second kappa shape index (κ2) is 11.0. The Morgan fingerprint density at radius 1 is 1.00 bits per heavy atom. The first-order chi connectivity index (χ1) is 20.5. The van der Waals surface area contributed by atoms with Crippen molar-refractivity contribution in [2.24, 2.45) is 0 Å². The number of hydrogen-bond donors (Lipinski definition) is 2. The largest absolute Gasteiger partial charge is 0.479 e. The molecule has 3 aromatic heterocycles. The third-order valence-corrected chi connectivity index (χ3v) is 8.49. The fourth-order valence-electron chi connectivity index (χ4n) is 5.23. The van der Waals surface area contributed by atoms with Crippen molar-refractivity contribution in [1.29, 1.82) is 0 Å². The Kier molecular flexibility index (Phi) is 7.38. The van der Waals surface area contributed by atoms with E-state index < -0.39 is 17.7 Å². The van der Waals surface area contributed by atoms with Crippen LogP contribution < -0.4 is 5.56 Å². The quantitative estimate of drug-likeness (QED) is 0.196. The molecule has 0 fully saturated rings. The van der Waals surface area contributed by atoms with E-state index in [1.165, 1.54) is 11.3 Å². The van der Waals surface area contributed by atoms with Crippen LogP contribution in [0, 0.1) is 6.92 Å². The number of carboxylic acid groups (broad SMARTS) is 1. The lowest BCUT2D eigenvalue weighted by molar-refractivity contribution is -0.160. The van der Waals surface area contributed by atoms with Crippen LogP contribution in [0.4, 0.5) is 0 Å². The Balaban J connectivity index is 1.54. The summed E-state index contributed by atoms with van der Waals surface area (Å²) < 4.78 is 6.97. The van der Waals surface area contributed by atoms with Gasteiger partial charge < -0.3 is 14.8 Å². The number of nitrogens with one attached hydrogen (secondary N) is 1. The van der Waals surface area contributed by atoms with Crippen molar-refractivity contribution in [1.82, 2.24) is 15.0 Å². The summed E-state index contributed by atoms with van der Waals surface area (Å²) in [4.78, 5) is 37.3. The highest BCUT2D eigenvalue weighted by Crippen LogP contribution is 2.44. The minimum atomic E-state index is -1.19. The molecular weight excluding hydrogens is 582 g/mol. The van der Waals surface area contributed by atoms with Gasteiger partial charge in [-0.05, 0) is 86.7 Å². The molecule has 0 aliphatic heterocycles. The number of thiazole rings is 1. The van der Waals surface area contributed by atoms with Crippen LogP contribution in [0.5, 0.6) is 0 Å². The third kappa shape index (κ3) is 5.69. The number of ether oxygens (including phenoxy) is 1. The highest BCUT2D eigenvalue weighted by Gasteiger charge is 2.32. The maximum Gasteiger partial charge on any atom is 0.337 e. The number of carboxylic acids is 1. The normalized spacial score (nSPS) is 12.6. The standard InChI is InChI=1S/C34H28ClN3O4S/c1-18-15-26-30(28(20-7-9-23(35)10-8-20)27(18)29(33(40)41)42-34(2,3)4)43-32(38-26)22-12-13-36-25(17-22)21-6-5-19-11-14-37-31(39)24(19)16-21/h5-17,29H,1-4H3,(H,37,39)(H,40,41). The van der Waals surface area contributed by atoms with Gasteiger partial charge in [0.1, 0.15) is 5.01 Å². The molecule has 0 saturated heterocycles. The summed E-state index contributed by atoms with van der Waals surface area (Å²) in [5.41, 5.74) is 5.22. The van der Waals surface area contributed by atoms with Gasteiger partial charge in [-0.25, -0.2) is 9.78 Å². The molecule has 3 aromatic carbocycles. The SMILES string of the molecule is Cc1cc2nc(-c3ccnc(-c4ccc5cc[nH]c(=O)c5c4)c3)sc2c(-c2ccc(Cl)cc2)c1C(OC(C)(C)C)C(=O)O. The van der Waals surface area contributed by atoms with Gasteiger partial charge in [-0.1, -0.05) is 35.9 Å². The Hall–Kier alpha value is -4.37. The van der Waals surface area contributed by atoms with Crippen LogP contribution in [0.25, 0.3) is 53.9 Å². The van der Waals surface area contributed by atoms with E-state index in [9.17, 15) is 14.7 Å². The van der Waals surface area contributed by atoms with Crippen molar-refractivity contribution in [3.63, 3.8) is 0 Å². The Morgan fingerprint density at radius 2 is 1.74 bits per heavy atom. The van der Waals surface area contributed by atoms with E-state index >= 15 is 0 Å². The molecule has 0 bridgehead atoms. The Labute approximate surface area is 256 Å². The number of benzene rings is 3. The molecule has 7 nitrogen and oxygen atoms in total. The molecule has 43 heavy (non-hydrogen) atoms. The molecule has 0 radical (unpaired) electrons. The van der Waals surface area contributed by atoms with Crippen molar-refractivity contribution in [3.05, 3.63) is 106 Å². The van der Waals surface area contributed by atoms with Crippen molar-refractivity contribution < 1.29 is 14.6 Å². The first kappa shape index (κ1) is 28.7. The molecule has 1 unspecified atom stereocenters. The second-order valence-electron chi connectivity index (χ2n) is 11.3. The maximum absolute atomic E-state index is 12.6. The topological polar surface area (TPSA) is 105 Å². The first-order valence-electron chi connectivity index (χ1n) is 13.7. The summed E-state index contributed by atoms with van der Waals surface area (Å²) in [6.07, 6.45) is 2.17. The monoisotopic (exact) mass is 609 g/mol. The van der Waals surface area contributed by atoms with Crippen molar-refractivity contribution >= 4 is 49.9 Å². The summed E-state index contributed by atoms with van der Waals surface area (Å²) in [5, 5.41) is 13.1. The van der Waals surface area contributed by atoms with Gasteiger partial charge in [0, 0.05) is 45.1 Å². The summed E-state index contributed by atoms with van der Waals surface area (Å²) in [7, 11) is 0. The van der Waals surface area contributed by atoms with Gasteiger partial charge in [-0.15, -0.1) is 11.3 Å². The lowest BCUT2D eigenvalue weighted by atomic mass is 9.91. The molecule has 0 aliphatic carbocycles. The van der Waals surface area contributed by atoms with E-state index in [-0.39, 0.29) is 5.56 Å². The molecule has 6 rings (SSSR count). The molecule has 0 amide bonds. The highest BCUT2D eigenvalue weighted by atomic mass is 35.5. The average molecular weight is 610 g/mol. The number of carbonyl (C=O) groups is 1. The van der Waals surface area contributed by atoms with Gasteiger partial charge in [-0.3, -0.25) is 9.78 Å². The van der Waals surface area contributed by atoms with Gasteiger partial charge >= 0.3 is 5.97 Å². The van der Waals surface area contributed by atoms with Gasteiger partial charge in [0.2, 0.25) is 0 Å². The maximum atomic E-state index is 12.6. The summed E-state index contributed by atoms with van der Waals surface area (Å²) >= 11 is 7.70. The number of halogens is 1. The van der Waals surface area contributed by atoms with E-state index in [2.05, 4.69) is 9.97 Å². The zero-order chi connectivity index (χ0) is 30.5. The number of aliphatic carboxylic acids is 1. The minimum Gasteiger partial charge on any atom is -0.479 e. The van der Waals surface area contributed by atoms with E-state index in [0.717, 1.165) is 48.4 Å². The van der Waals surface area contributed by atoms with Crippen LogP contribution in [0.2, 0.25) is 5.02 Å². The van der Waals surface area contributed by atoms with Crippen LogP contribution in [-0.2, 0) is 9.53 Å². The van der Waals surface area contributed by atoms with E-state index in [0.29, 0.717) is 21.7 Å². The van der Waals surface area contributed by atoms with Crippen LogP contribution in [0.1, 0.15) is 38.0 Å². The Bertz CT molecular complexity index is 2080. The number of aromatic amines is 1. The van der Waals surface area contributed by atoms with E-state index in [4.69, 9.17) is 21.3 Å². The highest BCUT2D eigenvalue weighted by molar-refractivity contribution is 7.22. The number of rotatable bonds is 6. The smallest absolute Gasteiger partial charge is 0.337 e. The summed E-state index contributed by atoms with van der Waals surface area (Å²) in [6.45, 7) is 7.42. The molecule has 3 heterocycles. The van der Waals surface area contributed by atoms with Crippen molar-refractivity contribution in [3.8, 4) is 33.0 Å². The number of pyridine rings is 2. The predicted molar refractivity (Wildman–Crippen MR) is 173 cm³/mol. The first-order valence-corrected chi connectivity index (χ1v) is 14.9. The molecule has 6 aromatic rings. The molecule has 1 atom stereocenters. The van der Waals surface area contributed by atoms with Crippen molar-refractivity contribution in [2.45, 2.75) is 39.4 Å². The van der Waals surface area contributed by atoms with Crippen LogP contribution >= 0.6 is 22.9 Å². The molecule has 9 heteroatoms. The molecule has 0 aliphatic rings.